The highest BCUT2D eigenvalue weighted by Crippen LogP contribution is 2.22. The Labute approximate surface area is 172 Å². The van der Waals surface area contributed by atoms with Crippen molar-refractivity contribution in [3.63, 3.8) is 0 Å². The van der Waals surface area contributed by atoms with E-state index in [2.05, 4.69) is 14.9 Å². The van der Waals surface area contributed by atoms with Crippen LogP contribution in [-0.4, -0.2) is 78.4 Å². The number of amides is 1. The van der Waals surface area contributed by atoms with E-state index >= 15 is 0 Å². The highest BCUT2D eigenvalue weighted by molar-refractivity contribution is 7.89. The maximum atomic E-state index is 12.3. The zero-order chi connectivity index (χ0) is 20.7. The van der Waals surface area contributed by atoms with Crippen LogP contribution in [0.2, 0.25) is 0 Å². The summed E-state index contributed by atoms with van der Waals surface area (Å²) < 4.78 is 36.8. The largest absolute Gasteiger partial charge is 0.381 e. The van der Waals surface area contributed by atoms with Crippen LogP contribution in [0.25, 0.3) is 6.08 Å². The molecule has 2 saturated heterocycles. The van der Waals surface area contributed by atoms with Crippen molar-refractivity contribution in [2.45, 2.75) is 17.4 Å². The average molecular weight is 424 g/mol. The Morgan fingerprint density at radius 1 is 1.21 bits per heavy atom. The first-order valence-corrected chi connectivity index (χ1v) is 11.4. The summed E-state index contributed by atoms with van der Waals surface area (Å²) in [6.07, 6.45) is 4.16. The first-order chi connectivity index (χ1) is 14.0. The Kier molecular flexibility index (Phi) is 7.79. The number of hydrogen-bond donors (Lipinski definition) is 2. The van der Waals surface area contributed by atoms with E-state index in [1.165, 1.54) is 25.3 Å². The van der Waals surface area contributed by atoms with E-state index in [-0.39, 0.29) is 16.8 Å². The molecule has 1 aromatic carbocycles. The molecule has 8 nitrogen and oxygen atoms in total. The van der Waals surface area contributed by atoms with Crippen molar-refractivity contribution in [2.75, 3.05) is 53.1 Å². The third-order valence-corrected chi connectivity index (χ3v) is 6.83. The molecule has 0 aromatic heterocycles. The van der Waals surface area contributed by atoms with Gasteiger partial charge in [0.2, 0.25) is 15.9 Å². The number of ether oxygens (including phenoxy) is 2. The van der Waals surface area contributed by atoms with Crippen molar-refractivity contribution in [1.29, 1.82) is 0 Å². The molecule has 2 N–H and O–H groups in total. The zero-order valence-corrected chi connectivity index (χ0v) is 17.5. The number of hydrogen-bond acceptors (Lipinski definition) is 6. The fourth-order valence-electron chi connectivity index (χ4n) is 3.67. The number of nitrogens with zero attached hydrogens (tertiary/aromatic N) is 1. The minimum absolute atomic E-state index is 0.172. The molecule has 0 saturated carbocycles. The van der Waals surface area contributed by atoms with Gasteiger partial charge in [0, 0.05) is 44.3 Å². The van der Waals surface area contributed by atoms with Crippen LogP contribution in [0.1, 0.15) is 12.0 Å². The molecule has 2 aliphatic rings. The standard InChI is InChI=1S/C20H29N3O5S/c1-21-29(25,26)18-5-2-16(3-6-18)4-7-20(24)22-14-19(17-8-11-28-15-17)23-9-12-27-13-10-23/h2-7,17,19,21H,8-15H2,1H3,(H,22,24)/b7-4+. The molecule has 0 bridgehead atoms. The molecule has 1 aromatic rings. The SMILES string of the molecule is CNS(=O)(=O)c1ccc(/C=C/C(=O)NCC(C2CCOC2)N2CCOCC2)cc1. The lowest BCUT2D eigenvalue weighted by Gasteiger charge is -2.37. The van der Waals surface area contributed by atoms with Gasteiger partial charge in [-0.2, -0.15) is 0 Å². The van der Waals surface area contributed by atoms with Crippen molar-refractivity contribution in [3.8, 4) is 0 Å². The molecule has 3 rings (SSSR count). The van der Waals surface area contributed by atoms with Crippen LogP contribution in [0.4, 0.5) is 0 Å². The molecule has 2 heterocycles. The monoisotopic (exact) mass is 423 g/mol. The molecule has 160 valence electrons. The molecule has 2 unspecified atom stereocenters. The number of rotatable bonds is 8. The molecule has 0 spiro atoms. The molecule has 2 atom stereocenters. The second-order valence-corrected chi connectivity index (χ2v) is 9.08. The topological polar surface area (TPSA) is 97.0 Å². The summed E-state index contributed by atoms with van der Waals surface area (Å²) in [4.78, 5) is 14.9. The molecule has 2 aliphatic heterocycles. The van der Waals surface area contributed by atoms with Gasteiger partial charge in [0.15, 0.2) is 0 Å². The lowest BCUT2D eigenvalue weighted by atomic mass is 9.97. The predicted octanol–water partition coefficient (Wildman–Crippen LogP) is 0.461. The lowest BCUT2D eigenvalue weighted by Crippen LogP contribution is -2.52. The molecule has 9 heteroatoms. The fourth-order valence-corrected chi connectivity index (χ4v) is 4.40. The van der Waals surface area contributed by atoms with Crippen LogP contribution < -0.4 is 10.0 Å². The van der Waals surface area contributed by atoms with Gasteiger partial charge < -0.3 is 14.8 Å². The van der Waals surface area contributed by atoms with Gasteiger partial charge in [0.1, 0.15) is 0 Å². The van der Waals surface area contributed by atoms with E-state index in [1.807, 2.05) is 0 Å². The van der Waals surface area contributed by atoms with Crippen molar-refractivity contribution < 1.29 is 22.7 Å². The smallest absolute Gasteiger partial charge is 0.244 e. The molecule has 1 amide bonds. The zero-order valence-electron chi connectivity index (χ0n) is 16.7. The number of benzene rings is 1. The van der Waals surface area contributed by atoms with Gasteiger partial charge in [-0.1, -0.05) is 12.1 Å². The van der Waals surface area contributed by atoms with E-state index < -0.39 is 10.0 Å². The van der Waals surface area contributed by atoms with Gasteiger partial charge in [-0.25, -0.2) is 13.1 Å². The first kappa shape index (κ1) is 21.9. The summed E-state index contributed by atoms with van der Waals surface area (Å²) in [7, 11) is -2.09. The van der Waals surface area contributed by atoms with E-state index in [0.29, 0.717) is 12.5 Å². The van der Waals surface area contributed by atoms with Gasteiger partial charge in [0.25, 0.3) is 0 Å². The predicted molar refractivity (Wildman–Crippen MR) is 110 cm³/mol. The number of carbonyl (C=O) groups excluding carboxylic acids is 1. The number of morpholine rings is 1. The Hall–Kier alpha value is -1.78. The molecular weight excluding hydrogens is 394 g/mol. The minimum Gasteiger partial charge on any atom is -0.381 e. The molecule has 2 fully saturated rings. The van der Waals surface area contributed by atoms with Gasteiger partial charge in [0.05, 0.1) is 24.7 Å². The molecule has 0 radical (unpaired) electrons. The summed E-state index contributed by atoms with van der Waals surface area (Å²) in [5.74, 6) is 0.244. The second-order valence-electron chi connectivity index (χ2n) is 7.19. The fraction of sp³-hybridized carbons (Fsp3) is 0.550. The van der Waals surface area contributed by atoms with Crippen molar-refractivity contribution in [2.24, 2.45) is 5.92 Å². The van der Waals surface area contributed by atoms with Crippen molar-refractivity contribution >= 4 is 22.0 Å². The van der Waals surface area contributed by atoms with Crippen LogP contribution in [-0.2, 0) is 24.3 Å². The highest BCUT2D eigenvalue weighted by Gasteiger charge is 2.31. The molecule has 29 heavy (non-hydrogen) atoms. The Morgan fingerprint density at radius 3 is 2.55 bits per heavy atom. The van der Waals surface area contributed by atoms with E-state index in [9.17, 15) is 13.2 Å². The van der Waals surface area contributed by atoms with Crippen LogP contribution >= 0.6 is 0 Å². The Balaban J connectivity index is 1.55. The summed E-state index contributed by atoms with van der Waals surface area (Å²) in [6.45, 7) is 5.25. The van der Waals surface area contributed by atoms with Crippen LogP contribution in [0.3, 0.4) is 0 Å². The maximum absolute atomic E-state index is 12.3. The number of carbonyl (C=O) groups is 1. The van der Waals surface area contributed by atoms with Gasteiger partial charge >= 0.3 is 0 Å². The summed E-state index contributed by atoms with van der Waals surface area (Å²) in [5, 5.41) is 3.00. The van der Waals surface area contributed by atoms with Crippen LogP contribution in [0.15, 0.2) is 35.2 Å². The lowest BCUT2D eigenvalue weighted by molar-refractivity contribution is -0.116. The average Bonchev–Trinajstić information content (AvgIpc) is 3.28. The van der Waals surface area contributed by atoms with Crippen molar-refractivity contribution in [3.05, 3.63) is 35.9 Å². The number of nitrogens with one attached hydrogen (secondary N) is 2. The maximum Gasteiger partial charge on any atom is 0.244 e. The molecule has 0 aliphatic carbocycles. The second kappa shape index (κ2) is 10.3. The Morgan fingerprint density at radius 2 is 1.93 bits per heavy atom. The highest BCUT2D eigenvalue weighted by atomic mass is 32.2. The van der Waals surface area contributed by atoms with E-state index in [0.717, 1.165) is 51.5 Å². The van der Waals surface area contributed by atoms with Crippen molar-refractivity contribution in [1.82, 2.24) is 14.9 Å². The quantitative estimate of drug-likeness (QED) is 0.590. The van der Waals surface area contributed by atoms with Crippen LogP contribution in [0, 0.1) is 5.92 Å². The van der Waals surface area contributed by atoms with Gasteiger partial charge in [-0.15, -0.1) is 0 Å². The normalized spacial score (nSPS) is 22.0. The third kappa shape index (κ3) is 6.10. The van der Waals surface area contributed by atoms with Gasteiger partial charge in [-0.05, 0) is 37.2 Å². The summed E-state index contributed by atoms with van der Waals surface area (Å²) >= 11 is 0. The van der Waals surface area contributed by atoms with Gasteiger partial charge in [-0.3, -0.25) is 9.69 Å². The van der Waals surface area contributed by atoms with Crippen LogP contribution in [0.5, 0.6) is 0 Å². The first-order valence-electron chi connectivity index (χ1n) is 9.88. The van der Waals surface area contributed by atoms with E-state index in [4.69, 9.17) is 9.47 Å². The summed E-state index contributed by atoms with van der Waals surface area (Å²) in [5.41, 5.74) is 0.754. The third-order valence-electron chi connectivity index (χ3n) is 5.40. The molecular formula is C20H29N3O5S. The minimum atomic E-state index is -3.46. The summed E-state index contributed by atoms with van der Waals surface area (Å²) in [6, 6.07) is 6.60. The number of sulfonamides is 1. The van der Waals surface area contributed by atoms with E-state index in [1.54, 1.807) is 18.2 Å². The Bertz CT molecular complexity index is 798.